The number of anilines is 1. The molecule has 0 amide bonds. The Morgan fingerprint density at radius 2 is 1.77 bits per heavy atom. The number of hydrogen-bond donors (Lipinski definition) is 1. The number of carbonyl (C=O) groups is 2. The van der Waals surface area contributed by atoms with Gasteiger partial charge in [0.25, 0.3) is 0 Å². The van der Waals surface area contributed by atoms with Crippen LogP contribution in [0.25, 0.3) is 5.76 Å². The number of para-hydroxylation sites is 1. The molecule has 0 fully saturated rings. The molecule has 0 aliphatic carbocycles. The summed E-state index contributed by atoms with van der Waals surface area (Å²) in [7, 11) is 0. The number of nitrogens with zero attached hydrogens (tertiary/aromatic N) is 1. The molecular weight excluding hydrogens is 398 g/mol. The van der Waals surface area contributed by atoms with Gasteiger partial charge in [-0.2, -0.15) is 0 Å². The number of ketones is 1. The van der Waals surface area contributed by atoms with Crippen LogP contribution in [0.2, 0.25) is 0 Å². The number of thioether (sulfide) groups is 1. The molecule has 3 rings (SSSR count). The zero-order chi connectivity index (χ0) is 21.5. The molecule has 0 aromatic heterocycles. The van der Waals surface area contributed by atoms with Crippen LogP contribution in [0.1, 0.15) is 19.4 Å². The van der Waals surface area contributed by atoms with Crippen molar-refractivity contribution in [3.63, 3.8) is 0 Å². The highest BCUT2D eigenvalue weighted by Crippen LogP contribution is 2.45. The van der Waals surface area contributed by atoms with Crippen LogP contribution in [-0.2, 0) is 14.3 Å². The van der Waals surface area contributed by atoms with E-state index in [1.165, 1.54) is 6.08 Å². The molecule has 1 heterocycles. The fraction of sp³-hybridized carbons (Fsp3) is 0.167. The van der Waals surface area contributed by atoms with Gasteiger partial charge in [0.1, 0.15) is 11.3 Å². The Hall–Kier alpha value is -3.25. The summed E-state index contributed by atoms with van der Waals surface area (Å²) in [4.78, 5) is 28.4. The number of allylic oxidation sites excluding steroid dienone is 3. The molecule has 30 heavy (non-hydrogen) atoms. The topological polar surface area (TPSA) is 66.8 Å². The van der Waals surface area contributed by atoms with Gasteiger partial charge < -0.3 is 14.7 Å². The van der Waals surface area contributed by atoms with E-state index in [0.717, 1.165) is 22.2 Å². The first kappa shape index (κ1) is 21.5. The lowest BCUT2D eigenvalue weighted by atomic mass is 10.0. The molecular formula is C24H23NO4S. The van der Waals surface area contributed by atoms with Crippen molar-refractivity contribution in [3.8, 4) is 0 Å². The average molecular weight is 422 g/mol. The number of fused-ring (bicyclic) bond motifs is 1. The smallest absolute Gasteiger partial charge is 0.345 e. The number of carbonyl (C=O) groups excluding carboxylic acids is 2. The van der Waals surface area contributed by atoms with Crippen molar-refractivity contribution in [2.24, 2.45) is 0 Å². The first-order chi connectivity index (χ1) is 14.6. The molecule has 0 saturated heterocycles. The Morgan fingerprint density at radius 1 is 1.07 bits per heavy atom. The van der Waals surface area contributed by atoms with Gasteiger partial charge in [-0.25, -0.2) is 4.79 Å². The predicted molar refractivity (Wildman–Crippen MR) is 120 cm³/mol. The number of aliphatic hydroxyl groups is 1. The number of ether oxygens (including phenoxy) is 1. The lowest BCUT2D eigenvalue weighted by Crippen LogP contribution is -2.17. The lowest BCUT2D eigenvalue weighted by Gasteiger charge is -2.17. The highest BCUT2D eigenvalue weighted by atomic mass is 32.2. The van der Waals surface area contributed by atoms with Crippen LogP contribution in [0.3, 0.4) is 0 Å². The van der Waals surface area contributed by atoms with Crippen molar-refractivity contribution in [3.05, 3.63) is 89.0 Å². The van der Waals surface area contributed by atoms with Gasteiger partial charge in [0.15, 0.2) is 5.78 Å². The maximum absolute atomic E-state index is 12.8. The first-order valence-corrected chi connectivity index (χ1v) is 10.5. The summed E-state index contributed by atoms with van der Waals surface area (Å²) in [6, 6.07) is 16.6. The van der Waals surface area contributed by atoms with Crippen molar-refractivity contribution in [2.45, 2.75) is 18.7 Å². The number of benzene rings is 2. The molecule has 5 nitrogen and oxygen atoms in total. The Morgan fingerprint density at radius 3 is 2.47 bits per heavy atom. The maximum atomic E-state index is 12.8. The second-order valence-electron chi connectivity index (χ2n) is 6.35. The van der Waals surface area contributed by atoms with Crippen molar-refractivity contribution in [1.29, 1.82) is 0 Å². The zero-order valence-electron chi connectivity index (χ0n) is 16.9. The van der Waals surface area contributed by atoms with Crippen molar-refractivity contribution >= 4 is 35.0 Å². The van der Waals surface area contributed by atoms with Gasteiger partial charge in [-0.15, -0.1) is 0 Å². The van der Waals surface area contributed by atoms with E-state index < -0.39 is 17.5 Å². The quantitative estimate of drug-likeness (QED) is 0.220. The summed E-state index contributed by atoms with van der Waals surface area (Å²) in [5.41, 5.74) is 1.12. The van der Waals surface area contributed by atoms with E-state index in [4.69, 9.17) is 4.74 Å². The molecule has 0 spiro atoms. The standard InChI is InChI=1S/C24H23NO4S/c1-3-25-18-13-8-9-15-20(18)30-21(25)16-10-14-19(26)22(24(28)29-4-2)23(27)17-11-6-5-7-12-17/h5-16,27H,3-4H2,1-2H3/b14-10+,21-16-,23-22-. The number of esters is 1. The molecule has 1 aliphatic heterocycles. The van der Waals surface area contributed by atoms with Gasteiger partial charge in [0, 0.05) is 17.0 Å². The van der Waals surface area contributed by atoms with E-state index in [0.29, 0.717) is 5.56 Å². The first-order valence-electron chi connectivity index (χ1n) is 9.69. The van der Waals surface area contributed by atoms with Gasteiger partial charge >= 0.3 is 5.97 Å². The summed E-state index contributed by atoms with van der Waals surface area (Å²) >= 11 is 1.62. The van der Waals surface area contributed by atoms with Crippen molar-refractivity contribution < 1.29 is 19.4 Å². The second-order valence-corrected chi connectivity index (χ2v) is 7.41. The van der Waals surface area contributed by atoms with E-state index in [1.807, 2.05) is 18.2 Å². The van der Waals surface area contributed by atoms with Gasteiger partial charge in [0.2, 0.25) is 0 Å². The summed E-state index contributed by atoms with van der Waals surface area (Å²) < 4.78 is 4.99. The van der Waals surface area contributed by atoms with Gasteiger partial charge in [0.05, 0.1) is 17.3 Å². The minimum atomic E-state index is -0.848. The van der Waals surface area contributed by atoms with Crippen molar-refractivity contribution in [2.75, 3.05) is 18.1 Å². The maximum Gasteiger partial charge on any atom is 0.345 e. The summed E-state index contributed by atoms with van der Waals surface area (Å²) in [5.74, 6) is -1.86. The third-order valence-electron chi connectivity index (χ3n) is 4.45. The molecule has 0 unspecified atom stereocenters. The molecule has 1 N–H and O–H groups in total. The monoisotopic (exact) mass is 421 g/mol. The average Bonchev–Trinajstić information content (AvgIpc) is 3.12. The third-order valence-corrected chi connectivity index (χ3v) is 5.58. The molecule has 0 bridgehead atoms. The Balaban J connectivity index is 1.87. The van der Waals surface area contributed by atoms with Crippen LogP contribution in [0.15, 0.2) is 88.3 Å². The fourth-order valence-corrected chi connectivity index (χ4v) is 4.20. The summed E-state index contributed by atoms with van der Waals surface area (Å²) in [6.07, 6.45) is 4.70. The normalized spacial score (nSPS) is 15.3. The molecule has 0 radical (unpaired) electrons. The van der Waals surface area contributed by atoms with E-state index in [2.05, 4.69) is 24.0 Å². The van der Waals surface area contributed by atoms with Crippen LogP contribution in [0.4, 0.5) is 5.69 Å². The molecule has 6 heteroatoms. The molecule has 154 valence electrons. The minimum Gasteiger partial charge on any atom is -0.506 e. The Bertz CT molecular complexity index is 1020. The molecule has 2 aromatic rings. The van der Waals surface area contributed by atoms with Crippen LogP contribution in [-0.4, -0.2) is 30.0 Å². The van der Waals surface area contributed by atoms with E-state index in [1.54, 1.807) is 55.1 Å². The van der Waals surface area contributed by atoms with Crippen LogP contribution in [0.5, 0.6) is 0 Å². The van der Waals surface area contributed by atoms with Gasteiger partial charge in [-0.05, 0) is 38.1 Å². The number of rotatable bonds is 7. The van der Waals surface area contributed by atoms with Gasteiger partial charge in [-0.3, -0.25) is 4.79 Å². The Labute approximate surface area is 180 Å². The fourth-order valence-electron chi connectivity index (χ4n) is 3.06. The predicted octanol–water partition coefficient (Wildman–Crippen LogP) is 5.12. The highest BCUT2D eigenvalue weighted by molar-refractivity contribution is 8.03. The van der Waals surface area contributed by atoms with Gasteiger partial charge in [-0.1, -0.05) is 60.3 Å². The largest absolute Gasteiger partial charge is 0.506 e. The second kappa shape index (κ2) is 9.98. The van der Waals surface area contributed by atoms with E-state index in [-0.39, 0.29) is 12.2 Å². The van der Waals surface area contributed by atoms with Crippen LogP contribution in [0, 0.1) is 0 Å². The van der Waals surface area contributed by atoms with Crippen LogP contribution >= 0.6 is 11.8 Å². The number of aliphatic hydroxyl groups excluding tert-OH is 1. The highest BCUT2D eigenvalue weighted by Gasteiger charge is 2.25. The SMILES string of the molecule is CCOC(=O)/C(C(=O)/C=C/C=C1\Sc2ccccc2N1CC)=C(\O)c1ccccc1. The van der Waals surface area contributed by atoms with Crippen LogP contribution < -0.4 is 4.90 Å². The van der Waals surface area contributed by atoms with E-state index in [9.17, 15) is 14.7 Å². The molecule has 1 aliphatic rings. The minimum absolute atomic E-state index is 0.103. The van der Waals surface area contributed by atoms with Crippen molar-refractivity contribution in [1.82, 2.24) is 0 Å². The molecule has 0 saturated carbocycles. The number of hydrogen-bond acceptors (Lipinski definition) is 6. The summed E-state index contributed by atoms with van der Waals surface area (Å²) in [6.45, 7) is 4.60. The Kier molecular flexibility index (Phi) is 7.14. The third kappa shape index (κ3) is 4.66. The van der Waals surface area contributed by atoms with E-state index >= 15 is 0 Å². The lowest BCUT2D eigenvalue weighted by molar-refractivity contribution is -0.139. The zero-order valence-corrected chi connectivity index (χ0v) is 17.7. The summed E-state index contributed by atoms with van der Waals surface area (Å²) in [5, 5.41) is 11.5. The molecule has 2 aromatic carbocycles. The molecule has 0 atom stereocenters.